The lowest BCUT2D eigenvalue weighted by Gasteiger charge is -2.30. The van der Waals surface area contributed by atoms with Crippen LogP contribution in [0.25, 0.3) is 5.82 Å². The molecule has 0 saturated carbocycles. The van der Waals surface area contributed by atoms with E-state index in [0.717, 1.165) is 37.9 Å². The van der Waals surface area contributed by atoms with Crippen LogP contribution in [0.2, 0.25) is 0 Å². The van der Waals surface area contributed by atoms with Gasteiger partial charge in [-0.1, -0.05) is 12.8 Å². The number of likely N-dealkylation sites (tertiary alicyclic amines) is 1. The summed E-state index contributed by atoms with van der Waals surface area (Å²) in [6, 6.07) is 7.16. The number of nitrogens with zero attached hydrogens (tertiary/aromatic N) is 5. The predicted molar refractivity (Wildman–Crippen MR) is 104 cm³/mol. The normalized spacial score (nSPS) is 17.5. The molecule has 0 spiro atoms. The quantitative estimate of drug-likeness (QED) is 0.755. The van der Waals surface area contributed by atoms with Crippen molar-refractivity contribution in [2.24, 2.45) is 7.05 Å². The second-order valence-corrected chi connectivity index (χ2v) is 7.24. The Morgan fingerprint density at radius 1 is 1.21 bits per heavy atom. The monoisotopic (exact) mass is 380 g/mol. The molecule has 1 saturated heterocycles. The van der Waals surface area contributed by atoms with E-state index in [2.05, 4.69) is 25.9 Å². The van der Waals surface area contributed by atoms with E-state index in [1.165, 1.54) is 6.07 Å². The molecule has 3 aromatic rings. The summed E-state index contributed by atoms with van der Waals surface area (Å²) < 4.78 is 3.68. The molecule has 1 N–H and O–H groups in total. The van der Waals surface area contributed by atoms with Crippen molar-refractivity contribution in [3.63, 3.8) is 0 Å². The highest BCUT2D eigenvalue weighted by molar-refractivity contribution is 5.95. The van der Waals surface area contributed by atoms with Crippen molar-refractivity contribution in [2.75, 3.05) is 6.54 Å². The number of aryl methyl sites for hydroxylation is 1. The van der Waals surface area contributed by atoms with Gasteiger partial charge in [-0.3, -0.25) is 9.59 Å². The maximum absolute atomic E-state index is 13.5. The van der Waals surface area contributed by atoms with Crippen LogP contribution in [0.15, 0.2) is 41.5 Å². The fourth-order valence-electron chi connectivity index (χ4n) is 3.94. The molecule has 4 heterocycles. The third-order valence-electron chi connectivity index (χ3n) is 5.46. The zero-order valence-corrected chi connectivity index (χ0v) is 16.1. The molecule has 8 nitrogen and oxygen atoms in total. The molecule has 3 aromatic heterocycles. The zero-order chi connectivity index (χ0) is 19.7. The van der Waals surface area contributed by atoms with Gasteiger partial charge in [-0.05, 0) is 38.0 Å². The van der Waals surface area contributed by atoms with Crippen LogP contribution in [-0.2, 0) is 7.05 Å². The minimum atomic E-state index is -0.278. The van der Waals surface area contributed by atoms with Crippen molar-refractivity contribution < 1.29 is 4.79 Å². The molecule has 1 atom stereocenters. The molecule has 1 aliphatic heterocycles. The molecular weight excluding hydrogens is 356 g/mol. The Hall–Kier alpha value is -3.16. The third kappa shape index (κ3) is 3.26. The molecule has 8 heteroatoms. The maximum Gasteiger partial charge on any atom is 0.264 e. The lowest BCUT2D eigenvalue weighted by Crippen LogP contribution is -2.35. The Labute approximate surface area is 162 Å². The standard InChI is InChI=1S/C20H24N6O2/c1-14-15(13-21-26(14)18-9-10-19(27)23-22-18)20(28)25-12-5-3-4-7-17(25)16-8-6-11-24(16)2/h6,8-11,13,17H,3-5,7,12H2,1-2H3,(H,23,27). The number of amides is 1. The van der Waals surface area contributed by atoms with Crippen LogP contribution in [0.4, 0.5) is 0 Å². The molecule has 1 amide bonds. The minimum Gasteiger partial charge on any atom is -0.353 e. The largest absolute Gasteiger partial charge is 0.353 e. The topological polar surface area (TPSA) is 88.8 Å². The van der Waals surface area contributed by atoms with E-state index in [1.54, 1.807) is 16.9 Å². The molecule has 0 bridgehead atoms. The minimum absolute atomic E-state index is 0.0127. The first-order valence-electron chi connectivity index (χ1n) is 9.59. The summed E-state index contributed by atoms with van der Waals surface area (Å²) in [7, 11) is 2.02. The van der Waals surface area contributed by atoms with E-state index in [-0.39, 0.29) is 17.5 Å². The SMILES string of the molecule is Cc1c(C(=O)N2CCCCCC2c2cccn2C)cnn1-c1ccc(=O)[nH]n1. The molecule has 1 aliphatic rings. The van der Waals surface area contributed by atoms with Gasteiger partial charge in [0, 0.05) is 31.5 Å². The summed E-state index contributed by atoms with van der Waals surface area (Å²) in [5, 5.41) is 10.8. The summed E-state index contributed by atoms with van der Waals surface area (Å²) in [5.41, 5.74) is 2.15. The second kappa shape index (κ2) is 7.46. The summed E-state index contributed by atoms with van der Waals surface area (Å²) in [6.07, 6.45) is 7.81. The fourth-order valence-corrected chi connectivity index (χ4v) is 3.94. The Kier molecular flexibility index (Phi) is 4.85. The van der Waals surface area contributed by atoms with Gasteiger partial charge in [-0.15, -0.1) is 0 Å². The summed E-state index contributed by atoms with van der Waals surface area (Å²) in [4.78, 5) is 26.7. The predicted octanol–water partition coefficient (Wildman–Crippen LogP) is 2.36. The van der Waals surface area contributed by atoms with E-state index in [1.807, 2.05) is 31.1 Å². The summed E-state index contributed by atoms with van der Waals surface area (Å²) >= 11 is 0. The number of nitrogens with one attached hydrogen (secondary N) is 1. The number of rotatable bonds is 3. The lowest BCUT2D eigenvalue weighted by molar-refractivity contribution is 0.0673. The van der Waals surface area contributed by atoms with E-state index < -0.39 is 0 Å². The highest BCUT2D eigenvalue weighted by Crippen LogP contribution is 2.32. The summed E-state index contributed by atoms with van der Waals surface area (Å²) in [5.74, 6) is 0.465. The number of aromatic amines is 1. The van der Waals surface area contributed by atoms with Gasteiger partial charge in [0.15, 0.2) is 5.82 Å². The number of carbonyl (C=O) groups excluding carboxylic acids is 1. The average molecular weight is 380 g/mol. The number of aromatic nitrogens is 5. The van der Waals surface area contributed by atoms with Gasteiger partial charge in [0.05, 0.1) is 23.5 Å². The van der Waals surface area contributed by atoms with E-state index in [9.17, 15) is 9.59 Å². The van der Waals surface area contributed by atoms with E-state index in [0.29, 0.717) is 17.1 Å². The Balaban J connectivity index is 1.68. The first kappa shape index (κ1) is 18.2. The van der Waals surface area contributed by atoms with Crippen molar-refractivity contribution in [3.8, 4) is 5.82 Å². The molecule has 146 valence electrons. The third-order valence-corrected chi connectivity index (χ3v) is 5.46. The van der Waals surface area contributed by atoms with E-state index in [4.69, 9.17) is 0 Å². The molecule has 1 fully saturated rings. The zero-order valence-electron chi connectivity index (χ0n) is 16.1. The van der Waals surface area contributed by atoms with Gasteiger partial charge in [-0.2, -0.15) is 10.2 Å². The molecule has 0 aromatic carbocycles. The van der Waals surface area contributed by atoms with Crippen LogP contribution in [0.5, 0.6) is 0 Å². The number of hydrogen-bond acceptors (Lipinski definition) is 4. The van der Waals surface area contributed by atoms with Crippen molar-refractivity contribution >= 4 is 5.91 Å². The van der Waals surface area contributed by atoms with Crippen LogP contribution in [-0.4, -0.2) is 41.9 Å². The Bertz CT molecular complexity index is 1030. The molecule has 0 radical (unpaired) electrons. The van der Waals surface area contributed by atoms with Gasteiger partial charge in [0.25, 0.3) is 11.5 Å². The maximum atomic E-state index is 13.5. The van der Waals surface area contributed by atoms with Gasteiger partial charge < -0.3 is 9.47 Å². The lowest BCUT2D eigenvalue weighted by atomic mass is 10.1. The van der Waals surface area contributed by atoms with Crippen molar-refractivity contribution in [2.45, 2.75) is 38.6 Å². The van der Waals surface area contributed by atoms with Gasteiger partial charge in [0.2, 0.25) is 0 Å². The first-order valence-corrected chi connectivity index (χ1v) is 9.59. The number of hydrogen-bond donors (Lipinski definition) is 1. The summed E-state index contributed by atoms with van der Waals surface area (Å²) in [6.45, 7) is 2.58. The van der Waals surface area contributed by atoms with Gasteiger partial charge >= 0.3 is 0 Å². The van der Waals surface area contributed by atoms with Crippen LogP contribution in [0.1, 0.15) is 53.5 Å². The highest BCUT2D eigenvalue weighted by atomic mass is 16.2. The average Bonchev–Trinajstić information content (AvgIpc) is 3.19. The highest BCUT2D eigenvalue weighted by Gasteiger charge is 2.30. The number of carbonyl (C=O) groups is 1. The van der Waals surface area contributed by atoms with Gasteiger partial charge in [0.1, 0.15) is 0 Å². The second-order valence-electron chi connectivity index (χ2n) is 7.24. The van der Waals surface area contributed by atoms with Crippen LogP contribution in [0, 0.1) is 6.92 Å². The molecule has 0 aliphatic carbocycles. The van der Waals surface area contributed by atoms with Gasteiger partial charge in [-0.25, -0.2) is 9.78 Å². The Morgan fingerprint density at radius 2 is 2.07 bits per heavy atom. The fraction of sp³-hybridized carbons (Fsp3) is 0.400. The van der Waals surface area contributed by atoms with Crippen molar-refractivity contribution in [1.29, 1.82) is 0 Å². The van der Waals surface area contributed by atoms with E-state index >= 15 is 0 Å². The van der Waals surface area contributed by atoms with Crippen LogP contribution >= 0.6 is 0 Å². The Morgan fingerprint density at radius 3 is 2.79 bits per heavy atom. The number of H-pyrrole nitrogens is 1. The molecule has 28 heavy (non-hydrogen) atoms. The molecule has 1 unspecified atom stereocenters. The molecular formula is C20H24N6O2. The van der Waals surface area contributed by atoms with Crippen LogP contribution < -0.4 is 5.56 Å². The molecule has 4 rings (SSSR count). The van der Waals surface area contributed by atoms with Crippen LogP contribution in [0.3, 0.4) is 0 Å². The smallest absolute Gasteiger partial charge is 0.264 e. The van der Waals surface area contributed by atoms with Crippen molar-refractivity contribution in [1.82, 2.24) is 29.4 Å². The first-order chi connectivity index (χ1) is 13.6. The van der Waals surface area contributed by atoms with Crippen molar-refractivity contribution in [3.05, 3.63) is 64.0 Å².